The summed E-state index contributed by atoms with van der Waals surface area (Å²) in [6.07, 6.45) is 4.08. The third-order valence-electron chi connectivity index (χ3n) is 8.06. The Morgan fingerprint density at radius 3 is 2.37 bits per heavy atom. The number of carbonyl (C=O) groups is 3. The molecule has 1 aliphatic heterocycles. The Kier molecular flexibility index (Phi) is 11.3. The highest BCUT2D eigenvalue weighted by Crippen LogP contribution is 2.23. The topological polar surface area (TPSA) is 90.5 Å². The zero-order valence-electron chi connectivity index (χ0n) is 24.4. The van der Waals surface area contributed by atoms with Gasteiger partial charge in [-0.2, -0.15) is 0 Å². The van der Waals surface area contributed by atoms with Gasteiger partial charge in [0.05, 0.1) is 0 Å². The molecular formula is C34H44N4O3. The second-order valence-electron chi connectivity index (χ2n) is 11.0. The zero-order valence-corrected chi connectivity index (χ0v) is 24.4. The van der Waals surface area contributed by atoms with Gasteiger partial charge in [-0.25, -0.2) is 0 Å². The number of nitrogens with zero attached hydrogens (tertiary/aromatic N) is 1. The summed E-state index contributed by atoms with van der Waals surface area (Å²) in [5.74, 6) is -0.473. The molecule has 0 aliphatic carbocycles. The third kappa shape index (κ3) is 8.40. The molecule has 0 spiro atoms. The standard InChI is InChI=1S/C34H44N4O3/c1-3-27(4-2)34(41)38-21-10-16-31(38)33(40)37-30(23-26-17-18-28-14-8-9-15-29(28)22-26)32(39)36-20-11-19-35-24-25-12-6-5-7-13-25/h5-9,12-15,17-18,22,27,30-31,35H,3-4,10-11,16,19-21,23-24H2,1-2H3,(H,36,39)(H,37,40). The molecule has 3 N–H and O–H groups in total. The lowest BCUT2D eigenvalue weighted by atomic mass is 10.00. The Balaban J connectivity index is 1.39. The predicted octanol–water partition coefficient (Wildman–Crippen LogP) is 4.59. The van der Waals surface area contributed by atoms with Gasteiger partial charge in [0.1, 0.15) is 12.1 Å². The Hall–Kier alpha value is -3.71. The van der Waals surface area contributed by atoms with Crippen LogP contribution in [0.5, 0.6) is 0 Å². The van der Waals surface area contributed by atoms with E-state index in [1.807, 2.05) is 56.3 Å². The van der Waals surface area contributed by atoms with Crippen molar-refractivity contribution in [2.45, 2.75) is 71.0 Å². The molecule has 0 bridgehead atoms. The smallest absolute Gasteiger partial charge is 0.243 e. The first-order valence-corrected chi connectivity index (χ1v) is 15.1. The fraction of sp³-hybridized carbons (Fsp3) is 0.441. The maximum atomic E-state index is 13.5. The van der Waals surface area contributed by atoms with Crippen LogP contribution in [0.4, 0.5) is 0 Å². The van der Waals surface area contributed by atoms with Crippen molar-refractivity contribution in [1.82, 2.24) is 20.9 Å². The maximum Gasteiger partial charge on any atom is 0.243 e. The van der Waals surface area contributed by atoms with Gasteiger partial charge < -0.3 is 20.9 Å². The van der Waals surface area contributed by atoms with E-state index in [4.69, 9.17) is 0 Å². The average Bonchev–Trinajstić information content (AvgIpc) is 3.50. The number of hydrogen-bond acceptors (Lipinski definition) is 4. The minimum absolute atomic E-state index is 0.0474. The molecule has 0 radical (unpaired) electrons. The molecule has 218 valence electrons. The van der Waals surface area contributed by atoms with Crippen molar-refractivity contribution in [1.29, 1.82) is 0 Å². The largest absolute Gasteiger partial charge is 0.354 e. The molecule has 1 saturated heterocycles. The van der Waals surface area contributed by atoms with Gasteiger partial charge in [-0.1, -0.05) is 86.6 Å². The van der Waals surface area contributed by atoms with Crippen LogP contribution in [0, 0.1) is 5.92 Å². The minimum atomic E-state index is -0.730. The van der Waals surface area contributed by atoms with E-state index >= 15 is 0 Å². The number of nitrogens with one attached hydrogen (secondary N) is 3. The van der Waals surface area contributed by atoms with E-state index in [2.05, 4.69) is 46.3 Å². The Bertz CT molecular complexity index is 1290. The number of fused-ring (bicyclic) bond motifs is 1. The van der Waals surface area contributed by atoms with Crippen LogP contribution in [0.1, 0.15) is 57.1 Å². The van der Waals surface area contributed by atoms with Gasteiger partial charge in [-0.05, 0) is 60.5 Å². The van der Waals surface area contributed by atoms with Gasteiger partial charge in [0.25, 0.3) is 0 Å². The van der Waals surface area contributed by atoms with Crippen LogP contribution in [0.15, 0.2) is 72.8 Å². The normalized spacial score (nSPS) is 15.7. The summed E-state index contributed by atoms with van der Waals surface area (Å²) >= 11 is 0. The molecule has 3 aromatic rings. The van der Waals surface area contributed by atoms with Crippen LogP contribution >= 0.6 is 0 Å². The van der Waals surface area contributed by atoms with Crippen LogP contribution in [0.2, 0.25) is 0 Å². The number of benzene rings is 3. The van der Waals surface area contributed by atoms with Gasteiger partial charge in [-0.3, -0.25) is 14.4 Å². The molecule has 1 aliphatic rings. The molecule has 1 fully saturated rings. The first-order chi connectivity index (χ1) is 20.0. The highest BCUT2D eigenvalue weighted by Gasteiger charge is 2.37. The highest BCUT2D eigenvalue weighted by atomic mass is 16.2. The minimum Gasteiger partial charge on any atom is -0.354 e. The molecule has 7 nitrogen and oxygen atoms in total. The van der Waals surface area contributed by atoms with Gasteiger partial charge >= 0.3 is 0 Å². The van der Waals surface area contributed by atoms with E-state index in [1.54, 1.807) is 4.90 Å². The molecule has 7 heteroatoms. The van der Waals surface area contributed by atoms with E-state index in [0.717, 1.165) is 55.1 Å². The second kappa shape index (κ2) is 15.3. The van der Waals surface area contributed by atoms with Gasteiger partial charge in [0.2, 0.25) is 17.7 Å². The SMILES string of the molecule is CCC(CC)C(=O)N1CCCC1C(=O)NC(Cc1ccc2ccccc2c1)C(=O)NCCCNCc1ccccc1. The lowest BCUT2D eigenvalue weighted by molar-refractivity contribution is -0.142. The van der Waals surface area contributed by atoms with Crippen molar-refractivity contribution >= 4 is 28.5 Å². The first-order valence-electron chi connectivity index (χ1n) is 15.1. The monoisotopic (exact) mass is 556 g/mol. The zero-order chi connectivity index (χ0) is 29.0. The van der Waals surface area contributed by atoms with Crippen LogP contribution in [0.25, 0.3) is 10.8 Å². The van der Waals surface area contributed by atoms with Crippen molar-refractivity contribution in [3.05, 3.63) is 83.9 Å². The summed E-state index contributed by atoms with van der Waals surface area (Å²) in [6, 6.07) is 23.2. The van der Waals surface area contributed by atoms with Gasteiger partial charge in [0.15, 0.2) is 0 Å². The Morgan fingerprint density at radius 1 is 0.878 bits per heavy atom. The van der Waals surface area contributed by atoms with Gasteiger partial charge in [-0.15, -0.1) is 0 Å². The molecule has 1 heterocycles. The van der Waals surface area contributed by atoms with E-state index in [0.29, 0.717) is 25.9 Å². The number of likely N-dealkylation sites (tertiary alicyclic amines) is 1. The van der Waals surface area contributed by atoms with Crippen molar-refractivity contribution in [2.75, 3.05) is 19.6 Å². The summed E-state index contributed by atoms with van der Waals surface area (Å²) < 4.78 is 0. The first kappa shape index (κ1) is 30.3. The van der Waals surface area contributed by atoms with Crippen molar-refractivity contribution < 1.29 is 14.4 Å². The lowest BCUT2D eigenvalue weighted by Crippen LogP contribution is -2.54. The molecule has 0 saturated carbocycles. The Labute approximate surface area is 244 Å². The third-order valence-corrected chi connectivity index (χ3v) is 8.06. The molecule has 3 amide bonds. The molecule has 3 aromatic carbocycles. The summed E-state index contributed by atoms with van der Waals surface area (Å²) in [6.45, 7) is 6.67. The van der Waals surface area contributed by atoms with E-state index < -0.39 is 12.1 Å². The van der Waals surface area contributed by atoms with Crippen LogP contribution in [-0.4, -0.2) is 54.3 Å². The summed E-state index contributed by atoms with van der Waals surface area (Å²) in [5, 5.41) is 11.7. The maximum absolute atomic E-state index is 13.5. The molecule has 2 atom stereocenters. The fourth-order valence-corrected chi connectivity index (χ4v) is 5.63. The van der Waals surface area contributed by atoms with Crippen LogP contribution in [-0.2, 0) is 27.3 Å². The molecule has 4 rings (SSSR count). The van der Waals surface area contributed by atoms with Crippen LogP contribution < -0.4 is 16.0 Å². The number of rotatable bonds is 14. The van der Waals surface area contributed by atoms with Gasteiger partial charge in [0, 0.05) is 32.0 Å². The number of carbonyl (C=O) groups excluding carboxylic acids is 3. The molecular weight excluding hydrogens is 512 g/mol. The molecule has 2 unspecified atom stereocenters. The van der Waals surface area contributed by atoms with E-state index in [9.17, 15) is 14.4 Å². The highest BCUT2D eigenvalue weighted by molar-refractivity contribution is 5.93. The number of hydrogen-bond donors (Lipinski definition) is 3. The van der Waals surface area contributed by atoms with Crippen molar-refractivity contribution in [3.8, 4) is 0 Å². The number of amides is 3. The Morgan fingerprint density at radius 2 is 1.61 bits per heavy atom. The predicted molar refractivity (Wildman–Crippen MR) is 164 cm³/mol. The molecule has 0 aromatic heterocycles. The van der Waals surface area contributed by atoms with E-state index in [1.165, 1.54) is 5.56 Å². The summed E-state index contributed by atoms with van der Waals surface area (Å²) in [4.78, 5) is 41.8. The van der Waals surface area contributed by atoms with Crippen molar-refractivity contribution in [2.24, 2.45) is 5.92 Å². The lowest BCUT2D eigenvalue weighted by Gasteiger charge is -2.29. The fourth-order valence-electron chi connectivity index (χ4n) is 5.63. The van der Waals surface area contributed by atoms with Crippen molar-refractivity contribution in [3.63, 3.8) is 0 Å². The van der Waals surface area contributed by atoms with Crippen LogP contribution in [0.3, 0.4) is 0 Å². The summed E-state index contributed by atoms with van der Waals surface area (Å²) in [7, 11) is 0. The quantitative estimate of drug-likeness (QED) is 0.253. The second-order valence-corrected chi connectivity index (χ2v) is 11.0. The average molecular weight is 557 g/mol. The molecule has 41 heavy (non-hydrogen) atoms. The summed E-state index contributed by atoms with van der Waals surface area (Å²) in [5.41, 5.74) is 2.20. The van der Waals surface area contributed by atoms with E-state index in [-0.39, 0.29) is 23.6 Å².